The molecule has 0 aliphatic rings. The molecule has 0 amide bonds. The van der Waals surface area contributed by atoms with E-state index in [2.05, 4.69) is 22.2 Å². The maximum Gasteiger partial charge on any atom is 0.303 e. The first-order valence-corrected chi connectivity index (χ1v) is 9.53. The highest BCUT2D eigenvalue weighted by Crippen LogP contribution is 2.31. The Hall–Kier alpha value is -3.32. The van der Waals surface area contributed by atoms with Crippen LogP contribution in [-0.2, 0) is 11.2 Å². The highest BCUT2D eigenvalue weighted by molar-refractivity contribution is 7.99. The van der Waals surface area contributed by atoms with E-state index in [9.17, 15) is 9.90 Å². The smallest absolute Gasteiger partial charge is 0.303 e. The van der Waals surface area contributed by atoms with Crippen molar-refractivity contribution in [2.24, 2.45) is 0 Å². The number of aromatic nitrogens is 3. The summed E-state index contributed by atoms with van der Waals surface area (Å²) >= 11 is 1.68. The average molecular weight is 391 g/mol. The minimum Gasteiger partial charge on any atom is -0.493 e. The van der Waals surface area contributed by atoms with E-state index in [0.29, 0.717) is 11.2 Å². The molecule has 28 heavy (non-hydrogen) atoms. The third-order valence-corrected chi connectivity index (χ3v) is 5.34. The molecule has 0 saturated carbocycles. The van der Waals surface area contributed by atoms with Crippen LogP contribution in [-0.4, -0.2) is 30.8 Å². The summed E-state index contributed by atoms with van der Waals surface area (Å²) in [6.07, 6.45) is 3.29. The molecule has 0 saturated heterocycles. The van der Waals surface area contributed by atoms with Gasteiger partial charge in [-0.15, -0.1) is 0 Å². The molecule has 0 spiro atoms. The van der Waals surface area contributed by atoms with E-state index < -0.39 is 5.97 Å². The number of carboxylic acid groups (broad SMARTS) is 1. The first-order valence-electron chi connectivity index (χ1n) is 8.71. The van der Waals surface area contributed by atoms with Crippen LogP contribution in [0, 0.1) is 0 Å². The van der Waals surface area contributed by atoms with Crippen LogP contribution >= 0.6 is 11.8 Å². The summed E-state index contributed by atoms with van der Waals surface area (Å²) in [7, 11) is 0. The lowest BCUT2D eigenvalue weighted by Crippen LogP contribution is -2.01. The van der Waals surface area contributed by atoms with Gasteiger partial charge < -0.3 is 10.2 Å². The standard InChI is InChI=1S/C21H17N3O3S/c25-19(26)11-8-15-12-22-20-18(13-23-24(20)21(15)27)14-6-9-17(10-7-14)28-16-4-2-1-3-5-16/h1-7,9-10,12-13,27H,8,11H2,(H,25,26). The fourth-order valence-corrected chi connectivity index (χ4v) is 3.74. The monoisotopic (exact) mass is 391 g/mol. The molecule has 2 aromatic heterocycles. The van der Waals surface area contributed by atoms with Crippen molar-refractivity contribution in [3.8, 4) is 17.0 Å². The second-order valence-corrected chi connectivity index (χ2v) is 7.38. The number of hydrogen-bond acceptors (Lipinski definition) is 5. The van der Waals surface area contributed by atoms with Gasteiger partial charge in [0.05, 0.1) is 6.20 Å². The van der Waals surface area contributed by atoms with E-state index in [1.165, 1.54) is 15.6 Å². The second-order valence-electron chi connectivity index (χ2n) is 6.23. The molecule has 6 nitrogen and oxygen atoms in total. The third kappa shape index (κ3) is 3.70. The summed E-state index contributed by atoms with van der Waals surface area (Å²) in [4.78, 5) is 17.4. The molecule has 7 heteroatoms. The summed E-state index contributed by atoms with van der Waals surface area (Å²) in [5.41, 5.74) is 2.73. The van der Waals surface area contributed by atoms with E-state index in [1.807, 2.05) is 42.5 Å². The lowest BCUT2D eigenvalue weighted by molar-refractivity contribution is -0.136. The molecular weight excluding hydrogens is 374 g/mol. The van der Waals surface area contributed by atoms with Gasteiger partial charge in [-0.25, -0.2) is 4.98 Å². The van der Waals surface area contributed by atoms with Gasteiger partial charge in [-0.05, 0) is 36.2 Å². The van der Waals surface area contributed by atoms with Crippen molar-refractivity contribution in [2.75, 3.05) is 0 Å². The zero-order chi connectivity index (χ0) is 19.5. The zero-order valence-electron chi connectivity index (χ0n) is 14.8. The van der Waals surface area contributed by atoms with Crippen molar-refractivity contribution in [1.29, 1.82) is 0 Å². The number of rotatable bonds is 6. The van der Waals surface area contributed by atoms with Crippen LogP contribution in [0.25, 0.3) is 16.8 Å². The number of carboxylic acids is 1. The van der Waals surface area contributed by atoms with Crippen molar-refractivity contribution in [3.05, 3.63) is 72.6 Å². The molecule has 0 aliphatic heterocycles. The van der Waals surface area contributed by atoms with Crippen molar-refractivity contribution in [2.45, 2.75) is 22.6 Å². The van der Waals surface area contributed by atoms with Gasteiger partial charge in [0.15, 0.2) is 5.65 Å². The second kappa shape index (κ2) is 7.74. The predicted octanol–water partition coefficient (Wildman–Crippen LogP) is 4.27. The van der Waals surface area contributed by atoms with Crippen LogP contribution in [0.1, 0.15) is 12.0 Å². The topological polar surface area (TPSA) is 87.7 Å². The van der Waals surface area contributed by atoms with Gasteiger partial charge in [-0.2, -0.15) is 9.61 Å². The molecule has 4 aromatic rings. The molecule has 0 radical (unpaired) electrons. The summed E-state index contributed by atoms with van der Waals surface area (Å²) < 4.78 is 1.35. The lowest BCUT2D eigenvalue weighted by Gasteiger charge is -2.06. The Balaban J connectivity index is 1.60. The molecule has 0 bridgehead atoms. The molecule has 4 rings (SSSR count). The number of aryl methyl sites for hydroxylation is 1. The number of nitrogens with zero attached hydrogens (tertiary/aromatic N) is 3. The largest absolute Gasteiger partial charge is 0.493 e. The van der Waals surface area contributed by atoms with Crippen LogP contribution in [0.15, 0.2) is 76.8 Å². The molecule has 0 atom stereocenters. The van der Waals surface area contributed by atoms with Gasteiger partial charge in [0.2, 0.25) is 5.88 Å². The van der Waals surface area contributed by atoms with Gasteiger partial charge >= 0.3 is 5.97 Å². The maximum absolute atomic E-state index is 10.8. The molecular formula is C21H17N3O3S. The predicted molar refractivity (Wildman–Crippen MR) is 107 cm³/mol. The van der Waals surface area contributed by atoms with Gasteiger partial charge in [0, 0.05) is 33.5 Å². The van der Waals surface area contributed by atoms with Crippen LogP contribution in [0.4, 0.5) is 0 Å². The third-order valence-electron chi connectivity index (χ3n) is 4.33. The van der Waals surface area contributed by atoms with Crippen molar-refractivity contribution in [1.82, 2.24) is 14.6 Å². The van der Waals surface area contributed by atoms with E-state index in [4.69, 9.17) is 5.11 Å². The molecule has 140 valence electrons. The van der Waals surface area contributed by atoms with Crippen molar-refractivity contribution < 1.29 is 15.0 Å². The Morgan fingerprint density at radius 1 is 1.00 bits per heavy atom. The Kier molecular flexibility index (Phi) is 4.99. The fourth-order valence-electron chi connectivity index (χ4n) is 2.90. The summed E-state index contributed by atoms with van der Waals surface area (Å²) in [6, 6.07) is 18.2. The molecule has 0 aliphatic carbocycles. The SMILES string of the molecule is O=C(O)CCc1cnc2c(-c3ccc(Sc4ccccc4)cc3)cnn2c1O. The van der Waals surface area contributed by atoms with Gasteiger partial charge in [0.25, 0.3) is 0 Å². The van der Waals surface area contributed by atoms with Gasteiger partial charge in [-0.3, -0.25) is 4.79 Å². The summed E-state index contributed by atoms with van der Waals surface area (Å²) in [5.74, 6) is -0.997. The number of benzene rings is 2. The van der Waals surface area contributed by atoms with Crippen molar-refractivity contribution >= 4 is 23.4 Å². The fraction of sp³-hybridized carbons (Fsp3) is 0.0952. The minimum atomic E-state index is -0.922. The highest BCUT2D eigenvalue weighted by atomic mass is 32.2. The number of aromatic hydroxyl groups is 1. The molecule has 2 N–H and O–H groups in total. The Morgan fingerprint density at radius 3 is 2.43 bits per heavy atom. The number of aliphatic carboxylic acids is 1. The molecule has 2 heterocycles. The molecule has 2 aromatic carbocycles. The van der Waals surface area contributed by atoms with Crippen LogP contribution in [0.5, 0.6) is 5.88 Å². The number of hydrogen-bond donors (Lipinski definition) is 2. The number of carbonyl (C=O) groups is 1. The Bertz CT molecular complexity index is 1130. The summed E-state index contributed by atoms with van der Waals surface area (Å²) in [6.45, 7) is 0. The first-order chi connectivity index (χ1) is 13.6. The van der Waals surface area contributed by atoms with Crippen LogP contribution in [0.2, 0.25) is 0 Å². The molecule has 0 unspecified atom stereocenters. The van der Waals surface area contributed by atoms with E-state index in [0.717, 1.165) is 16.0 Å². The summed E-state index contributed by atoms with van der Waals surface area (Å²) in [5, 5.41) is 23.4. The van der Waals surface area contributed by atoms with Crippen molar-refractivity contribution in [3.63, 3.8) is 0 Å². The van der Waals surface area contributed by atoms with E-state index >= 15 is 0 Å². The van der Waals surface area contributed by atoms with Crippen LogP contribution < -0.4 is 0 Å². The Morgan fingerprint density at radius 2 is 1.71 bits per heavy atom. The quantitative estimate of drug-likeness (QED) is 0.510. The molecule has 0 fully saturated rings. The lowest BCUT2D eigenvalue weighted by atomic mass is 10.1. The van der Waals surface area contributed by atoms with Gasteiger partial charge in [-0.1, -0.05) is 42.1 Å². The first kappa shape index (κ1) is 18.1. The highest BCUT2D eigenvalue weighted by Gasteiger charge is 2.14. The zero-order valence-corrected chi connectivity index (χ0v) is 15.6. The van der Waals surface area contributed by atoms with E-state index in [-0.39, 0.29) is 18.7 Å². The maximum atomic E-state index is 10.8. The number of fused-ring (bicyclic) bond motifs is 1. The normalized spacial score (nSPS) is 11.0. The van der Waals surface area contributed by atoms with Crippen LogP contribution in [0.3, 0.4) is 0 Å². The Labute approximate surface area is 165 Å². The van der Waals surface area contributed by atoms with Gasteiger partial charge in [0.1, 0.15) is 0 Å². The van der Waals surface area contributed by atoms with E-state index in [1.54, 1.807) is 18.0 Å². The minimum absolute atomic E-state index is 0.0740. The average Bonchev–Trinajstić information content (AvgIpc) is 3.14.